The number of hydrogen-bond acceptors (Lipinski definition) is 3. The van der Waals surface area contributed by atoms with Gasteiger partial charge in [-0.25, -0.2) is 0 Å². The van der Waals surface area contributed by atoms with Gasteiger partial charge in [-0.05, 0) is 44.8 Å². The van der Waals surface area contributed by atoms with Crippen LogP contribution in [0.3, 0.4) is 0 Å². The molecule has 0 saturated carbocycles. The topological polar surface area (TPSA) is 36.7 Å². The molecule has 3 aromatic rings. The molecule has 1 aromatic heterocycles. The molecule has 2 aromatic carbocycles. The molecule has 4 heteroatoms. The number of rotatable bonds is 5. The maximum Gasteiger partial charge on any atom is 0.241 e. The average molecular weight is 322 g/mol. The quantitative estimate of drug-likeness (QED) is 0.716. The molecule has 0 bridgehead atoms. The first-order valence-corrected chi connectivity index (χ1v) is 8.03. The number of likely N-dealkylation sites (N-methyl/N-ethyl adjacent to an activating group) is 1. The first kappa shape index (κ1) is 16.3. The van der Waals surface area contributed by atoms with E-state index in [1.54, 1.807) is 4.90 Å². The summed E-state index contributed by atoms with van der Waals surface area (Å²) in [5, 5.41) is 1.05. The SMILES string of the molecule is Cc1ccccc1N(Cc1cc2ccccc2o1)C(=O)CN(C)C. The van der Waals surface area contributed by atoms with E-state index in [1.807, 2.05) is 80.5 Å². The number of nitrogens with zero attached hydrogens (tertiary/aromatic N) is 2. The zero-order valence-corrected chi connectivity index (χ0v) is 14.3. The third kappa shape index (κ3) is 3.49. The zero-order valence-electron chi connectivity index (χ0n) is 14.3. The first-order valence-electron chi connectivity index (χ1n) is 8.03. The summed E-state index contributed by atoms with van der Waals surface area (Å²) < 4.78 is 5.91. The van der Waals surface area contributed by atoms with Crippen LogP contribution >= 0.6 is 0 Å². The van der Waals surface area contributed by atoms with Crippen LogP contribution in [0.15, 0.2) is 59.0 Å². The van der Waals surface area contributed by atoms with Crippen molar-refractivity contribution in [2.45, 2.75) is 13.5 Å². The lowest BCUT2D eigenvalue weighted by molar-refractivity contribution is -0.119. The van der Waals surface area contributed by atoms with Crippen molar-refractivity contribution in [1.29, 1.82) is 0 Å². The second-order valence-electron chi connectivity index (χ2n) is 6.25. The summed E-state index contributed by atoms with van der Waals surface area (Å²) in [4.78, 5) is 16.4. The van der Waals surface area contributed by atoms with Crippen molar-refractivity contribution in [3.8, 4) is 0 Å². The fourth-order valence-corrected chi connectivity index (χ4v) is 2.80. The monoisotopic (exact) mass is 322 g/mol. The minimum atomic E-state index is 0.0507. The average Bonchev–Trinajstić information content (AvgIpc) is 2.95. The highest BCUT2D eigenvalue weighted by molar-refractivity contribution is 5.95. The Morgan fingerprint density at radius 2 is 1.75 bits per heavy atom. The predicted molar refractivity (Wildman–Crippen MR) is 97.1 cm³/mol. The third-order valence-corrected chi connectivity index (χ3v) is 3.95. The summed E-state index contributed by atoms with van der Waals surface area (Å²) in [7, 11) is 3.80. The third-order valence-electron chi connectivity index (χ3n) is 3.95. The molecule has 0 aliphatic heterocycles. The number of aryl methyl sites for hydroxylation is 1. The van der Waals surface area contributed by atoms with Crippen LogP contribution in [0.4, 0.5) is 5.69 Å². The molecule has 0 saturated heterocycles. The minimum Gasteiger partial charge on any atom is -0.459 e. The van der Waals surface area contributed by atoms with E-state index in [-0.39, 0.29) is 5.91 Å². The largest absolute Gasteiger partial charge is 0.459 e. The van der Waals surface area contributed by atoms with Gasteiger partial charge in [-0.1, -0.05) is 36.4 Å². The summed E-state index contributed by atoms with van der Waals surface area (Å²) in [5.41, 5.74) is 2.84. The van der Waals surface area contributed by atoms with Crippen molar-refractivity contribution in [1.82, 2.24) is 4.90 Å². The maximum atomic E-state index is 12.8. The highest BCUT2D eigenvalue weighted by Gasteiger charge is 2.20. The molecule has 1 amide bonds. The molecule has 124 valence electrons. The van der Waals surface area contributed by atoms with Gasteiger partial charge in [0.25, 0.3) is 0 Å². The lowest BCUT2D eigenvalue weighted by Gasteiger charge is -2.25. The van der Waals surface area contributed by atoms with Crippen LogP contribution in [0.2, 0.25) is 0 Å². The van der Waals surface area contributed by atoms with Crippen LogP contribution < -0.4 is 4.90 Å². The smallest absolute Gasteiger partial charge is 0.241 e. The predicted octanol–water partition coefficient (Wildman–Crippen LogP) is 3.84. The minimum absolute atomic E-state index is 0.0507. The lowest BCUT2D eigenvalue weighted by atomic mass is 10.1. The summed E-state index contributed by atoms with van der Waals surface area (Å²) in [6.45, 7) is 2.80. The van der Waals surface area contributed by atoms with Crippen LogP contribution in [0.5, 0.6) is 0 Å². The number of anilines is 1. The van der Waals surface area contributed by atoms with Crippen LogP contribution in [-0.2, 0) is 11.3 Å². The fourth-order valence-electron chi connectivity index (χ4n) is 2.80. The van der Waals surface area contributed by atoms with Crippen LogP contribution in [-0.4, -0.2) is 31.4 Å². The summed E-state index contributed by atoms with van der Waals surface area (Å²) in [6, 6.07) is 17.8. The molecule has 0 fully saturated rings. The molecule has 0 radical (unpaired) electrons. The molecule has 0 spiro atoms. The number of fused-ring (bicyclic) bond motifs is 1. The Bertz CT molecular complexity index is 818. The molecule has 0 N–H and O–H groups in total. The Labute approximate surface area is 142 Å². The molecule has 0 aliphatic rings. The molecule has 0 aliphatic carbocycles. The number of para-hydroxylation sites is 2. The van der Waals surface area contributed by atoms with E-state index in [4.69, 9.17) is 4.42 Å². The molecular formula is C20H22N2O2. The Hall–Kier alpha value is -2.59. The summed E-state index contributed by atoms with van der Waals surface area (Å²) in [6.07, 6.45) is 0. The van der Waals surface area contributed by atoms with Crippen molar-refractivity contribution >= 4 is 22.6 Å². The number of hydrogen-bond donors (Lipinski definition) is 0. The molecule has 0 unspecified atom stereocenters. The number of amides is 1. The van der Waals surface area contributed by atoms with Gasteiger partial charge in [-0.2, -0.15) is 0 Å². The van der Waals surface area contributed by atoms with Crippen LogP contribution in [0, 0.1) is 6.92 Å². The van der Waals surface area contributed by atoms with Gasteiger partial charge in [-0.15, -0.1) is 0 Å². The number of furan rings is 1. The Morgan fingerprint density at radius 1 is 1.04 bits per heavy atom. The van der Waals surface area contributed by atoms with E-state index in [9.17, 15) is 4.79 Å². The molecular weight excluding hydrogens is 300 g/mol. The van der Waals surface area contributed by atoms with Gasteiger partial charge in [0.2, 0.25) is 5.91 Å². The second-order valence-corrected chi connectivity index (χ2v) is 6.25. The van der Waals surface area contributed by atoms with Gasteiger partial charge in [-0.3, -0.25) is 4.79 Å². The molecule has 3 rings (SSSR count). The highest BCUT2D eigenvalue weighted by Crippen LogP contribution is 2.25. The normalized spacial score (nSPS) is 11.2. The number of carbonyl (C=O) groups excluding carboxylic acids is 1. The van der Waals surface area contributed by atoms with Gasteiger partial charge in [0.05, 0.1) is 13.1 Å². The highest BCUT2D eigenvalue weighted by atomic mass is 16.3. The van der Waals surface area contributed by atoms with Crippen LogP contribution in [0.25, 0.3) is 11.0 Å². The van der Waals surface area contributed by atoms with E-state index in [1.165, 1.54) is 0 Å². The van der Waals surface area contributed by atoms with E-state index in [0.717, 1.165) is 28.0 Å². The van der Waals surface area contributed by atoms with E-state index in [0.29, 0.717) is 13.1 Å². The molecule has 1 heterocycles. The van der Waals surface area contributed by atoms with Gasteiger partial charge >= 0.3 is 0 Å². The lowest BCUT2D eigenvalue weighted by Crippen LogP contribution is -2.37. The molecule has 24 heavy (non-hydrogen) atoms. The van der Waals surface area contributed by atoms with E-state index >= 15 is 0 Å². The second kappa shape index (κ2) is 6.89. The van der Waals surface area contributed by atoms with Crippen molar-refractivity contribution in [2.24, 2.45) is 0 Å². The van der Waals surface area contributed by atoms with Gasteiger partial charge < -0.3 is 14.2 Å². The molecule has 4 nitrogen and oxygen atoms in total. The van der Waals surface area contributed by atoms with Gasteiger partial charge in [0.15, 0.2) is 0 Å². The Balaban J connectivity index is 1.95. The van der Waals surface area contributed by atoms with Crippen molar-refractivity contribution in [2.75, 3.05) is 25.5 Å². The van der Waals surface area contributed by atoms with Crippen molar-refractivity contribution < 1.29 is 9.21 Å². The Kier molecular flexibility index (Phi) is 4.67. The zero-order chi connectivity index (χ0) is 17.1. The summed E-state index contributed by atoms with van der Waals surface area (Å²) in [5.74, 6) is 0.835. The first-order chi connectivity index (χ1) is 11.5. The van der Waals surface area contributed by atoms with Gasteiger partial charge in [0, 0.05) is 11.1 Å². The Morgan fingerprint density at radius 3 is 2.46 bits per heavy atom. The van der Waals surface area contributed by atoms with Crippen molar-refractivity contribution in [3.63, 3.8) is 0 Å². The maximum absolute atomic E-state index is 12.8. The van der Waals surface area contributed by atoms with Gasteiger partial charge in [0.1, 0.15) is 11.3 Å². The standard InChI is InChI=1S/C20H22N2O2/c1-15-8-4-6-10-18(15)22(20(23)14-21(2)3)13-17-12-16-9-5-7-11-19(16)24-17/h4-12H,13-14H2,1-3H3. The van der Waals surface area contributed by atoms with E-state index in [2.05, 4.69) is 0 Å². The fraction of sp³-hybridized carbons (Fsp3) is 0.250. The number of benzene rings is 2. The van der Waals surface area contributed by atoms with E-state index < -0.39 is 0 Å². The summed E-state index contributed by atoms with van der Waals surface area (Å²) >= 11 is 0. The number of carbonyl (C=O) groups is 1. The van der Waals surface area contributed by atoms with Crippen molar-refractivity contribution in [3.05, 3.63) is 65.9 Å². The van der Waals surface area contributed by atoms with Crippen LogP contribution in [0.1, 0.15) is 11.3 Å². The molecule has 0 atom stereocenters.